The average molecular weight is 138 g/mol. The van der Waals surface area contributed by atoms with Crippen LogP contribution in [-0.4, -0.2) is 14.0 Å². The maximum Gasteiger partial charge on any atom is 0.138 e. The molecule has 2 heteroatoms. The molecule has 0 N–H and O–H groups in total. The molecule has 0 radical (unpaired) electrons. The average Bonchev–Trinajstić information content (AvgIpc) is 1.99. The molecule has 0 saturated heterocycles. The molecule has 0 amide bonds. The van der Waals surface area contributed by atoms with Crippen LogP contribution < -0.4 is 0 Å². The lowest BCUT2D eigenvalue weighted by molar-refractivity contribution is 1.22. The SMILES string of the molecule is CCBCCB(CC)CC. The molecule has 10 heavy (non-hydrogen) atoms. The maximum atomic E-state index is 2.31. The summed E-state index contributed by atoms with van der Waals surface area (Å²) >= 11 is 0. The topological polar surface area (TPSA) is 0 Å². The Morgan fingerprint density at radius 2 is 1.70 bits per heavy atom. The molecule has 0 spiro atoms. The summed E-state index contributed by atoms with van der Waals surface area (Å²) in [5.41, 5.74) is 0. The zero-order valence-electron chi connectivity index (χ0n) is 7.82. The van der Waals surface area contributed by atoms with Crippen molar-refractivity contribution >= 4 is 14.0 Å². The third-order valence-corrected chi connectivity index (χ3v) is 2.37. The van der Waals surface area contributed by atoms with Crippen molar-refractivity contribution in [3.05, 3.63) is 0 Å². The molecule has 0 aromatic rings. The van der Waals surface area contributed by atoms with E-state index in [9.17, 15) is 0 Å². The van der Waals surface area contributed by atoms with Crippen molar-refractivity contribution in [1.82, 2.24) is 0 Å². The van der Waals surface area contributed by atoms with Crippen LogP contribution in [0.4, 0.5) is 0 Å². The van der Waals surface area contributed by atoms with E-state index in [1.165, 1.54) is 38.9 Å². The predicted molar refractivity (Wildman–Crippen MR) is 54.0 cm³/mol. The van der Waals surface area contributed by atoms with Gasteiger partial charge in [0.2, 0.25) is 0 Å². The normalized spacial score (nSPS) is 9.50. The molecule has 0 aromatic carbocycles. The van der Waals surface area contributed by atoms with Gasteiger partial charge >= 0.3 is 0 Å². The fourth-order valence-corrected chi connectivity index (χ4v) is 1.38. The Morgan fingerprint density at radius 3 is 2.10 bits per heavy atom. The Morgan fingerprint density at radius 1 is 1.10 bits per heavy atom. The molecule has 0 aliphatic heterocycles. The second kappa shape index (κ2) is 7.24. The lowest BCUT2D eigenvalue weighted by atomic mass is 9.41. The van der Waals surface area contributed by atoms with E-state index in [2.05, 4.69) is 20.8 Å². The van der Waals surface area contributed by atoms with Gasteiger partial charge in [-0.1, -0.05) is 52.4 Å². The summed E-state index contributed by atoms with van der Waals surface area (Å²) in [5.74, 6) is 0. The summed E-state index contributed by atoms with van der Waals surface area (Å²) in [6.07, 6.45) is 7.02. The van der Waals surface area contributed by atoms with Crippen molar-refractivity contribution < 1.29 is 0 Å². The van der Waals surface area contributed by atoms with Crippen molar-refractivity contribution in [1.29, 1.82) is 0 Å². The summed E-state index contributed by atoms with van der Waals surface area (Å²) in [4.78, 5) is 0. The molecule has 0 bridgehead atoms. The molecule has 0 heterocycles. The van der Waals surface area contributed by atoms with Crippen LogP contribution in [0.1, 0.15) is 20.8 Å². The second-order valence-electron chi connectivity index (χ2n) is 3.18. The van der Waals surface area contributed by atoms with Crippen LogP contribution in [-0.2, 0) is 0 Å². The Bertz CT molecular complexity index is 60.3. The van der Waals surface area contributed by atoms with Gasteiger partial charge in [-0.25, -0.2) is 0 Å². The first-order valence-corrected chi connectivity index (χ1v) is 4.85. The van der Waals surface area contributed by atoms with Crippen LogP contribution in [0, 0.1) is 0 Å². The molecular weight excluding hydrogens is 118 g/mol. The van der Waals surface area contributed by atoms with E-state index in [4.69, 9.17) is 0 Å². The lowest BCUT2D eigenvalue weighted by Gasteiger charge is -2.05. The minimum absolute atomic E-state index is 1.01. The molecule has 0 saturated carbocycles. The van der Waals surface area contributed by atoms with Crippen LogP contribution in [0.3, 0.4) is 0 Å². The van der Waals surface area contributed by atoms with E-state index in [0.29, 0.717) is 0 Å². The molecule has 0 atom stereocenters. The second-order valence-corrected chi connectivity index (χ2v) is 3.18. The largest absolute Gasteiger partial charge is 0.138 e. The summed E-state index contributed by atoms with van der Waals surface area (Å²) in [5, 5.41) is 0. The number of hydrogen-bond donors (Lipinski definition) is 0. The van der Waals surface area contributed by atoms with Gasteiger partial charge in [-0.05, 0) is 0 Å². The van der Waals surface area contributed by atoms with Crippen molar-refractivity contribution in [3.63, 3.8) is 0 Å². The van der Waals surface area contributed by atoms with Gasteiger partial charge in [-0.3, -0.25) is 0 Å². The molecule has 0 fully saturated rings. The first kappa shape index (κ1) is 10.1. The van der Waals surface area contributed by atoms with Crippen LogP contribution >= 0.6 is 0 Å². The Balaban J connectivity index is 3.09. The van der Waals surface area contributed by atoms with Gasteiger partial charge < -0.3 is 0 Å². The van der Waals surface area contributed by atoms with Crippen LogP contribution in [0.25, 0.3) is 0 Å². The quantitative estimate of drug-likeness (QED) is 0.391. The highest BCUT2D eigenvalue weighted by Crippen LogP contribution is 2.07. The molecule has 0 aliphatic rings. The van der Waals surface area contributed by atoms with E-state index in [-0.39, 0.29) is 0 Å². The van der Waals surface area contributed by atoms with E-state index >= 15 is 0 Å². The Kier molecular flexibility index (Phi) is 7.33. The van der Waals surface area contributed by atoms with E-state index in [0.717, 1.165) is 6.71 Å². The van der Waals surface area contributed by atoms with Crippen molar-refractivity contribution in [2.24, 2.45) is 0 Å². The van der Waals surface area contributed by atoms with Gasteiger partial charge in [0.1, 0.15) is 14.0 Å². The van der Waals surface area contributed by atoms with Crippen LogP contribution in [0.15, 0.2) is 0 Å². The third-order valence-electron chi connectivity index (χ3n) is 2.37. The molecule has 58 valence electrons. The Hall–Kier alpha value is 0.130. The summed E-state index contributed by atoms with van der Waals surface area (Å²) in [6, 6.07) is 0. The molecule has 0 aromatic heterocycles. The monoisotopic (exact) mass is 138 g/mol. The van der Waals surface area contributed by atoms with Crippen molar-refractivity contribution in [2.45, 2.75) is 52.4 Å². The molecule has 0 aliphatic carbocycles. The highest BCUT2D eigenvalue weighted by atomic mass is 13.7. The fraction of sp³-hybridized carbons (Fsp3) is 1.00. The van der Waals surface area contributed by atoms with E-state index < -0.39 is 0 Å². The molecule has 0 rings (SSSR count). The molecule has 0 nitrogen and oxygen atoms in total. The van der Waals surface area contributed by atoms with Gasteiger partial charge in [0.25, 0.3) is 0 Å². The first-order valence-electron chi connectivity index (χ1n) is 4.85. The first-order chi connectivity index (χ1) is 4.85. The van der Waals surface area contributed by atoms with Crippen LogP contribution in [0.5, 0.6) is 0 Å². The smallest absolute Gasteiger partial charge is 0.0839 e. The highest BCUT2D eigenvalue weighted by Gasteiger charge is 2.06. The molecule has 0 unspecified atom stereocenters. The zero-order chi connectivity index (χ0) is 7.82. The summed E-state index contributed by atoms with van der Waals surface area (Å²) in [7, 11) is 1.43. The summed E-state index contributed by atoms with van der Waals surface area (Å²) in [6.45, 7) is 7.89. The van der Waals surface area contributed by atoms with E-state index in [1.807, 2.05) is 0 Å². The lowest BCUT2D eigenvalue weighted by Crippen LogP contribution is -2.08. The van der Waals surface area contributed by atoms with Gasteiger partial charge in [-0.15, -0.1) is 0 Å². The van der Waals surface area contributed by atoms with Crippen LogP contribution in [0.2, 0.25) is 31.6 Å². The minimum atomic E-state index is 1.01. The molecular formula is C8H20B2. The van der Waals surface area contributed by atoms with Gasteiger partial charge in [-0.2, -0.15) is 0 Å². The van der Waals surface area contributed by atoms with E-state index in [1.54, 1.807) is 0 Å². The standard InChI is InChI=1S/C8H20B2/c1-4-9-7-8-10(5-2)6-3/h9H,4-8H2,1-3H3. The third kappa shape index (κ3) is 4.96. The van der Waals surface area contributed by atoms with Gasteiger partial charge in [0.05, 0.1) is 0 Å². The zero-order valence-corrected chi connectivity index (χ0v) is 7.82. The number of rotatable bonds is 6. The van der Waals surface area contributed by atoms with Crippen molar-refractivity contribution in [3.8, 4) is 0 Å². The summed E-state index contributed by atoms with van der Waals surface area (Å²) < 4.78 is 0. The highest BCUT2D eigenvalue weighted by molar-refractivity contribution is 6.59. The fourth-order valence-electron chi connectivity index (χ4n) is 1.38. The Labute approximate surface area is 67.1 Å². The van der Waals surface area contributed by atoms with Crippen molar-refractivity contribution in [2.75, 3.05) is 0 Å². The predicted octanol–water partition coefficient (Wildman–Crippen LogP) is 2.81. The minimum Gasteiger partial charge on any atom is -0.0839 e. The van der Waals surface area contributed by atoms with Gasteiger partial charge in [0, 0.05) is 0 Å². The van der Waals surface area contributed by atoms with Gasteiger partial charge in [0.15, 0.2) is 0 Å². The maximum absolute atomic E-state index is 2.31. The number of hydrogen-bond acceptors (Lipinski definition) is 0.